The maximum atomic E-state index is 12.6. The van der Waals surface area contributed by atoms with E-state index in [-0.39, 0.29) is 11.7 Å². The number of carbonyl (C=O) groups is 1. The van der Waals surface area contributed by atoms with Gasteiger partial charge in [-0.3, -0.25) is 14.8 Å². The number of rotatable bonds is 2. The van der Waals surface area contributed by atoms with Crippen LogP contribution < -0.4 is 5.32 Å². The minimum Gasteiger partial charge on any atom is -0.506 e. The van der Waals surface area contributed by atoms with Crippen LogP contribution in [-0.4, -0.2) is 21.0 Å². The SMILES string of the molecule is O=C(Nc1ccc2ncccc2c1)c1ccc(O)c2ncccc12. The van der Waals surface area contributed by atoms with E-state index in [1.807, 2.05) is 30.3 Å². The minimum absolute atomic E-state index is 0.0546. The predicted molar refractivity (Wildman–Crippen MR) is 93.1 cm³/mol. The minimum atomic E-state index is -0.253. The van der Waals surface area contributed by atoms with Gasteiger partial charge in [0, 0.05) is 34.4 Å². The molecule has 0 radical (unpaired) electrons. The number of aromatic nitrogens is 2. The first-order valence-electron chi connectivity index (χ1n) is 7.45. The monoisotopic (exact) mass is 315 g/mol. The Labute approximate surface area is 137 Å². The fourth-order valence-corrected chi connectivity index (χ4v) is 2.71. The second-order valence-corrected chi connectivity index (χ2v) is 5.40. The molecule has 0 saturated heterocycles. The summed E-state index contributed by atoms with van der Waals surface area (Å²) in [5.74, 6) is -0.199. The summed E-state index contributed by atoms with van der Waals surface area (Å²) in [5, 5.41) is 14.3. The molecule has 24 heavy (non-hydrogen) atoms. The van der Waals surface area contributed by atoms with Crippen molar-refractivity contribution in [3.05, 3.63) is 72.6 Å². The summed E-state index contributed by atoms with van der Waals surface area (Å²) in [6, 6.07) is 15.9. The van der Waals surface area contributed by atoms with Gasteiger partial charge < -0.3 is 10.4 Å². The highest BCUT2D eigenvalue weighted by molar-refractivity contribution is 6.13. The number of hydrogen-bond acceptors (Lipinski definition) is 4. The third-order valence-corrected chi connectivity index (χ3v) is 3.85. The highest BCUT2D eigenvalue weighted by Crippen LogP contribution is 2.26. The third-order valence-electron chi connectivity index (χ3n) is 3.85. The van der Waals surface area contributed by atoms with Crippen LogP contribution in [0.15, 0.2) is 67.0 Å². The summed E-state index contributed by atoms with van der Waals surface area (Å²) >= 11 is 0. The number of nitrogens with zero attached hydrogens (tertiary/aromatic N) is 2. The van der Waals surface area contributed by atoms with E-state index in [0.29, 0.717) is 22.2 Å². The average molecular weight is 315 g/mol. The van der Waals surface area contributed by atoms with Gasteiger partial charge in [-0.2, -0.15) is 0 Å². The van der Waals surface area contributed by atoms with Crippen molar-refractivity contribution in [3.63, 3.8) is 0 Å². The van der Waals surface area contributed by atoms with Gasteiger partial charge in [0.1, 0.15) is 11.3 Å². The van der Waals surface area contributed by atoms with Crippen LogP contribution in [0, 0.1) is 0 Å². The summed E-state index contributed by atoms with van der Waals surface area (Å²) in [5.41, 5.74) is 2.43. The number of benzene rings is 2. The van der Waals surface area contributed by atoms with Gasteiger partial charge in [0.25, 0.3) is 5.91 Å². The molecule has 116 valence electrons. The van der Waals surface area contributed by atoms with E-state index in [0.717, 1.165) is 10.9 Å². The summed E-state index contributed by atoms with van der Waals surface area (Å²) in [4.78, 5) is 21.0. The molecule has 2 aromatic carbocycles. The molecule has 4 rings (SSSR count). The van der Waals surface area contributed by atoms with Crippen molar-refractivity contribution in [1.82, 2.24) is 9.97 Å². The Bertz CT molecular complexity index is 1080. The number of carbonyl (C=O) groups excluding carboxylic acids is 1. The molecule has 5 heteroatoms. The van der Waals surface area contributed by atoms with E-state index in [2.05, 4.69) is 15.3 Å². The smallest absolute Gasteiger partial charge is 0.256 e. The standard InChI is InChI=1S/C19H13N3O2/c23-17-8-6-15(14-4-2-10-21-18(14)17)19(24)22-13-5-7-16-12(11-13)3-1-9-20-16/h1-11,23H,(H,22,24). The van der Waals surface area contributed by atoms with E-state index in [1.54, 1.807) is 30.6 Å². The Hall–Kier alpha value is -3.47. The molecule has 0 aliphatic carbocycles. The van der Waals surface area contributed by atoms with Gasteiger partial charge in [-0.15, -0.1) is 0 Å². The second kappa shape index (κ2) is 5.62. The van der Waals surface area contributed by atoms with E-state index in [4.69, 9.17) is 0 Å². The van der Waals surface area contributed by atoms with Crippen LogP contribution in [0.25, 0.3) is 21.8 Å². The zero-order valence-corrected chi connectivity index (χ0v) is 12.6. The van der Waals surface area contributed by atoms with Crippen LogP contribution in [0.1, 0.15) is 10.4 Å². The molecule has 5 nitrogen and oxygen atoms in total. The molecule has 2 heterocycles. The number of nitrogens with one attached hydrogen (secondary N) is 1. The molecule has 2 aromatic heterocycles. The first-order valence-corrected chi connectivity index (χ1v) is 7.45. The van der Waals surface area contributed by atoms with Gasteiger partial charge in [-0.1, -0.05) is 12.1 Å². The number of phenolic OH excluding ortho intramolecular Hbond substituents is 1. The van der Waals surface area contributed by atoms with Crippen molar-refractivity contribution in [2.24, 2.45) is 0 Å². The first kappa shape index (κ1) is 14.1. The molecule has 0 unspecified atom stereocenters. The lowest BCUT2D eigenvalue weighted by Gasteiger charge is -2.09. The van der Waals surface area contributed by atoms with Crippen molar-refractivity contribution < 1.29 is 9.90 Å². The maximum absolute atomic E-state index is 12.6. The number of hydrogen-bond donors (Lipinski definition) is 2. The lowest BCUT2D eigenvalue weighted by molar-refractivity contribution is 0.102. The molecule has 0 aliphatic heterocycles. The molecule has 0 spiro atoms. The molecule has 1 amide bonds. The largest absolute Gasteiger partial charge is 0.506 e. The van der Waals surface area contributed by atoms with Crippen molar-refractivity contribution >= 4 is 33.4 Å². The molecule has 0 fully saturated rings. The third kappa shape index (κ3) is 2.42. The number of aromatic hydroxyl groups is 1. The van der Waals surface area contributed by atoms with Crippen molar-refractivity contribution in [1.29, 1.82) is 0 Å². The summed E-state index contributed by atoms with van der Waals surface area (Å²) in [6.45, 7) is 0. The van der Waals surface area contributed by atoms with Crippen LogP contribution in [0.4, 0.5) is 5.69 Å². The summed E-state index contributed by atoms with van der Waals surface area (Å²) in [7, 11) is 0. The molecule has 2 N–H and O–H groups in total. The number of pyridine rings is 2. The average Bonchev–Trinajstić information content (AvgIpc) is 2.62. The maximum Gasteiger partial charge on any atom is 0.256 e. The fraction of sp³-hybridized carbons (Fsp3) is 0. The highest BCUT2D eigenvalue weighted by atomic mass is 16.3. The van der Waals surface area contributed by atoms with E-state index < -0.39 is 0 Å². The quantitative estimate of drug-likeness (QED) is 0.591. The van der Waals surface area contributed by atoms with Gasteiger partial charge in [0.2, 0.25) is 0 Å². The lowest BCUT2D eigenvalue weighted by Crippen LogP contribution is -2.12. The molecular formula is C19H13N3O2. The number of phenols is 1. The Morgan fingerprint density at radius 3 is 2.71 bits per heavy atom. The molecule has 0 bridgehead atoms. The van der Waals surface area contributed by atoms with Crippen LogP contribution in [-0.2, 0) is 0 Å². The van der Waals surface area contributed by atoms with Crippen molar-refractivity contribution in [2.75, 3.05) is 5.32 Å². The molecule has 0 atom stereocenters. The number of amides is 1. The van der Waals surface area contributed by atoms with E-state index in [9.17, 15) is 9.90 Å². The Kier molecular flexibility index (Phi) is 3.31. The first-order chi connectivity index (χ1) is 11.7. The van der Waals surface area contributed by atoms with Crippen molar-refractivity contribution in [3.8, 4) is 5.75 Å². The molecule has 0 aliphatic rings. The Balaban J connectivity index is 1.72. The zero-order valence-electron chi connectivity index (χ0n) is 12.6. The number of fused-ring (bicyclic) bond motifs is 2. The van der Waals surface area contributed by atoms with Gasteiger partial charge in [-0.05, 0) is 42.5 Å². The summed E-state index contributed by atoms with van der Waals surface area (Å²) in [6.07, 6.45) is 3.32. The van der Waals surface area contributed by atoms with Gasteiger partial charge >= 0.3 is 0 Å². The van der Waals surface area contributed by atoms with Crippen molar-refractivity contribution in [2.45, 2.75) is 0 Å². The van der Waals surface area contributed by atoms with Crippen LogP contribution >= 0.6 is 0 Å². The fourth-order valence-electron chi connectivity index (χ4n) is 2.71. The van der Waals surface area contributed by atoms with Crippen LogP contribution in [0.2, 0.25) is 0 Å². The summed E-state index contributed by atoms with van der Waals surface area (Å²) < 4.78 is 0. The molecule has 4 aromatic rings. The topological polar surface area (TPSA) is 75.1 Å². The zero-order chi connectivity index (χ0) is 16.5. The number of anilines is 1. The van der Waals surface area contributed by atoms with E-state index >= 15 is 0 Å². The lowest BCUT2D eigenvalue weighted by atomic mass is 10.1. The molecule has 0 saturated carbocycles. The second-order valence-electron chi connectivity index (χ2n) is 5.40. The predicted octanol–water partition coefficient (Wildman–Crippen LogP) is 3.74. The van der Waals surface area contributed by atoms with Gasteiger partial charge in [0.15, 0.2) is 0 Å². The Morgan fingerprint density at radius 2 is 1.79 bits per heavy atom. The Morgan fingerprint density at radius 1 is 0.958 bits per heavy atom. The molecular weight excluding hydrogens is 302 g/mol. The van der Waals surface area contributed by atoms with Gasteiger partial charge in [0.05, 0.1) is 5.52 Å². The van der Waals surface area contributed by atoms with Gasteiger partial charge in [-0.25, -0.2) is 0 Å². The van der Waals surface area contributed by atoms with Crippen LogP contribution in [0.5, 0.6) is 5.75 Å². The van der Waals surface area contributed by atoms with Crippen LogP contribution in [0.3, 0.4) is 0 Å². The highest BCUT2D eigenvalue weighted by Gasteiger charge is 2.13. The van der Waals surface area contributed by atoms with E-state index in [1.165, 1.54) is 6.07 Å². The normalized spacial score (nSPS) is 10.8.